The fraction of sp³-hybridized carbons (Fsp3) is 0.500. The molecule has 0 spiro atoms. The average Bonchev–Trinajstić information content (AvgIpc) is 2.39. The largest absolute Gasteiger partial charge is 0.367 e. The summed E-state index contributed by atoms with van der Waals surface area (Å²) in [6, 6.07) is 4.14. The first-order valence-electron chi connectivity index (χ1n) is 5.71. The van der Waals surface area contributed by atoms with Crippen molar-refractivity contribution in [1.29, 1.82) is 0 Å². The van der Waals surface area contributed by atoms with Gasteiger partial charge < -0.3 is 9.80 Å². The molecule has 17 heavy (non-hydrogen) atoms. The number of anilines is 1. The second-order valence-electron chi connectivity index (χ2n) is 4.05. The van der Waals surface area contributed by atoms with Crippen LogP contribution in [0.5, 0.6) is 0 Å². The fourth-order valence-corrected chi connectivity index (χ4v) is 2.32. The number of carbonyl (C=O) groups excluding carboxylic acids is 1. The zero-order chi connectivity index (χ0) is 12.3. The Hall–Kier alpha value is -1.23. The molecule has 1 aromatic heterocycles. The smallest absolute Gasteiger partial charge is 0.219 e. The van der Waals surface area contributed by atoms with Crippen LogP contribution in [0.15, 0.2) is 23.4 Å². The first-order valence-corrected chi connectivity index (χ1v) is 6.93. The molecule has 0 bridgehead atoms. The Morgan fingerprint density at radius 1 is 1.29 bits per heavy atom. The number of amides is 1. The summed E-state index contributed by atoms with van der Waals surface area (Å²) in [7, 11) is 0. The van der Waals surface area contributed by atoms with Crippen molar-refractivity contribution in [2.45, 2.75) is 11.9 Å². The van der Waals surface area contributed by atoms with Crippen LogP contribution in [0.3, 0.4) is 0 Å². The SMILES string of the molecule is CSc1ccc(N2CCN(C(C)=O)CC2)cn1. The van der Waals surface area contributed by atoms with Gasteiger partial charge in [-0.3, -0.25) is 4.79 Å². The predicted molar refractivity (Wildman–Crippen MR) is 70.5 cm³/mol. The number of carbonyl (C=O) groups is 1. The van der Waals surface area contributed by atoms with Crippen molar-refractivity contribution in [1.82, 2.24) is 9.88 Å². The molecular weight excluding hydrogens is 234 g/mol. The summed E-state index contributed by atoms with van der Waals surface area (Å²) in [5, 5.41) is 1.04. The fourth-order valence-electron chi connectivity index (χ4n) is 1.96. The van der Waals surface area contributed by atoms with Crippen LogP contribution in [0.25, 0.3) is 0 Å². The van der Waals surface area contributed by atoms with Crippen molar-refractivity contribution in [3.8, 4) is 0 Å². The number of hydrogen-bond donors (Lipinski definition) is 0. The third kappa shape index (κ3) is 2.91. The number of hydrogen-bond acceptors (Lipinski definition) is 4. The molecule has 0 radical (unpaired) electrons. The van der Waals surface area contributed by atoms with E-state index in [1.54, 1.807) is 18.7 Å². The van der Waals surface area contributed by atoms with E-state index >= 15 is 0 Å². The second kappa shape index (κ2) is 5.40. The Bertz CT molecular complexity index is 385. The number of piperazine rings is 1. The summed E-state index contributed by atoms with van der Waals surface area (Å²) in [6.45, 7) is 5.02. The second-order valence-corrected chi connectivity index (χ2v) is 4.88. The predicted octanol–water partition coefficient (Wildman–Crippen LogP) is 1.47. The monoisotopic (exact) mass is 251 g/mol. The quantitative estimate of drug-likeness (QED) is 0.746. The summed E-state index contributed by atoms with van der Waals surface area (Å²) in [6.07, 6.45) is 3.93. The van der Waals surface area contributed by atoms with Crippen LogP contribution in [0.1, 0.15) is 6.92 Å². The molecular formula is C12H17N3OS. The van der Waals surface area contributed by atoms with Crippen LogP contribution in [0, 0.1) is 0 Å². The average molecular weight is 251 g/mol. The Kier molecular flexibility index (Phi) is 3.89. The number of thioether (sulfide) groups is 1. The molecule has 2 heterocycles. The molecule has 1 aromatic rings. The molecule has 2 rings (SSSR count). The van der Waals surface area contributed by atoms with Crippen LogP contribution in [0.2, 0.25) is 0 Å². The Labute approximate surface area is 106 Å². The molecule has 0 atom stereocenters. The number of nitrogens with zero attached hydrogens (tertiary/aromatic N) is 3. The molecule has 0 aliphatic carbocycles. The highest BCUT2D eigenvalue weighted by Crippen LogP contribution is 2.18. The molecule has 0 unspecified atom stereocenters. The molecule has 1 fully saturated rings. The van der Waals surface area contributed by atoms with Gasteiger partial charge in [0.05, 0.1) is 16.9 Å². The molecule has 0 aromatic carbocycles. The molecule has 1 amide bonds. The molecule has 4 nitrogen and oxygen atoms in total. The van der Waals surface area contributed by atoms with Crippen LogP contribution < -0.4 is 4.90 Å². The van der Waals surface area contributed by atoms with Gasteiger partial charge in [0.15, 0.2) is 0 Å². The van der Waals surface area contributed by atoms with E-state index in [-0.39, 0.29) is 5.91 Å². The van der Waals surface area contributed by atoms with E-state index in [9.17, 15) is 4.79 Å². The van der Waals surface area contributed by atoms with Gasteiger partial charge in [-0.25, -0.2) is 4.98 Å². The maximum Gasteiger partial charge on any atom is 0.219 e. The normalized spacial score (nSPS) is 16.1. The minimum Gasteiger partial charge on any atom is -0.367 e. The van der Waals surface area contributed by atoms with E-state index in [1.165, 1.54) is 0 Å². The maximum absolute atomic E-state index is 11.2. The highest BCUT2D eigenvalue weighted by molar-refractivity contribution is 7.98. The van der Waals surface area contributed by atoms with Crippen LogP contribution >= 0.6 is 11.8 Å². The van der Waals surface area contributed by atoms with E-state index in [0.29, 0.717) is 0 Å². The highest BCUT2D eigenvalue weighted by atomic mass is 32.2. The minimum absolute atomic E-state index is 0.167. The van der Waals surface area contributed by atoms with E-state index in [4.69, 9.17) is 0 Å². The van der Waals surface area contributed by atoms with Gasteiger partial charge >= 0.3 is 0 Å². The molecule has 1 saturated heterocycles. The van der Waals surface area contributed by atoms with Crippen LogP contribution in [0.4, 0.5) is 5.69 Å². The summed E-state index contributed by atoms with van der Waals surface area (Å²) < 4.78 is 0. The summed E-state index contributed by atoms with van der Waals surface area (Å²) >= 11 is 1.65. The zero-order valence-electron chi connectivity index (χ0n) is 10.2. The molecule has 5 heteroatoms. The Morgan fingerprint density at radius 2 is 2.00 bits per heavy atom. The number of pyridine rings is 1. The van der Waals surface area contributed by atoms with Gasteiger partial charge in [0.1, 0.15) is 0 Å². The summed E-state index contributed by atoms with van der Waals surface area (Å²) in [4.78, 5) is 19.7. The van der Waals surface area contributed by atoms with Gasteiger partial charge in [-0.1, -0.05) is 0 Å². The Balaban J connectivity index is 1.97. The van der Waals surface area contributed by atoms with Crippen LogP contribution in [-0.2, 0) is 4.79 Å². The van der Waals surface area contributed by atoms with E-state index < -0.39 is 0 Å². The van der Waals surface area contributed by atoms with Gasteiger partial charge in [0.2, 0.25) is 5.91 Å². The van der Waals surface area contributed by atoms with Crippen molar-refractivity contribution in [2.75, 3.05) is 37.3 Å². The first kappa shape index (κ1) is 12.2. The van der Waals surface area contributed by atoms with Gasteiger partial charge in [-0.05, 0) is 18.4 Å². The Morgan fingerprint density at radius 3 is 2.47 bits per heavy atom. The third-order valence-corrected chi connectivity index (χ3v) is 3.68. The lowest BCUT2D eigenvalue weighted by Gasteiger charge is -2.35. The molecule has 1 aliphatic heterocycles. The van der Waals surface area contributed by atoms with Crippen molar-refractivity contribution < 1.29 is 4.79 Å². The van der Waals surface area contributed by atoms with Gasteiger partial charge in [0.25, 0.3) is 0 Å². The van der Waals surface area contributed by atoms with Crippen molar-refractivity contribution >= 4 is 23.4 Å². The molecule has 1 aliphatic rings. The van der Waals surface area contributed by atoms with Gasteiger partial charge in [-0.15, -0.1) is 11.8 Å². The van der Waals surface area contributed by atoms with Crippen molar-refractivity contribution in [3.05, 3.63) is 18.3 Å². The topological polar surface area (TPSA) is 36.4 Å². The first-order chi connectivity index (χ1) is 8.20. The molecule has 92 valence electrons. The zero-order valence-corrected chi connectivity index (χ0v) is 11.0. The van der Waals surface area contributed by atoms with Gasteiger partial charge in [-0.2, -0.15) is 0 Å². The van der Waals surface area contributed by atoms with E-state index in [0.717, 1.165) is 36.9 Å². The summed E-state index contributed by atoms with van der Waals surface area (Å²) in [5.41, 5.74) is 1.14. The number of rotatable bonds is 2. The number of aromatic nitrogens is 1. The third-order valence-electron chi connectivity index (χ3n) is 3.02. The molecule has 0 N–H and O–H groups in total. The van der Waals surface area contributed by atoms with Crippen molar-refractivity contribution in [3.63, 3.8) is 0 Å². The highest BCUT2D eigenvalue weighted by Gasteiger charge is 2.18. The lowest BCUT2D eigenvalue weighted by atomic mass is 10.3. The lowest BCUT2D eigenvalue weighted by Crippen LogP contribution is -2.48. The summed E-state index contributed by atoms with van der Waals surface area (Å²) in [5.74, 6) is 0.167. The maximum atomic E-state index is 11.2. The standard InChI is InChI=1S/C12H17N3OS/c1-10(16)14-5-7-15(8-6-14)11-3-4-12(17-2)13-9-11/h3-4,9H,5-8H2,1-2H3. The van der Waals surface area contributed by atoms with Crippen LogP contribution in [-0.4, -0.2) is 48.2 Å². The van der Waals surface area contributed by atoms with E-state index in [2.05, 4.69) is 16.0 Å². The van der Waals surface area contributed by atoms with Gasteiger partial charge in [0, 0.05) is 33.1 Å². The lowest BCUT2D eigenvalue weighted by molar-refractivity contribution is -0.129. The van der Waals surface area contributed by atoms with Crippen molar-refractivity contribution in [2.24, 2.45) is 0 Å². The minimum atomic E-state index is 0.167. The van der Waals surface area contributed by atoms with E-state index in [1.807, 2.05) is 23.4 Å². The molecule has 0 saturated carbocycles.